The lowest BCUT2D eigenvalue weighted by molar-refractivity contribution is -0.438. The number of aliphatic carboxylic acids is 1. The zero-order chi connectivity index (χ0) is 54.6. The van der Waals surface area contributed by atoms with Gasteiger partial charge in [-0.3, -0.25) is 18.9 Å². The van der Waals surface area contributed by atoms with Crippen LogP contribution in [-0.4, -0.2) is 191 Å². The van der Waals surface area contributed by atoms with Crippen LogP contribution in [-0.2, 0) is 25.7 Å². The number of carbonyl (C=O) groups excluding carboxylic acids is 2. The largest absolute Gasteiger partial charge is 0.481 e. The van der Waals surface area contributed by atoms with E-state index in [0.717, 1.165) is 22.7 Å². The molecule has 73 heavy (non-hydrogen) atoms. The Kier molecular flexibility index (Phi) is 21.8. The third-order valence-electron chi connectivity index (χ3n) is 13.4. The Labute approximate surface area is 425 Å². The first-order valence-corrected chi connectivity index (χ1v) is 25.5. The molecule has 22 heteroatoms. The maximum Gasteiger partial charge on any atom is 0.303 e. The van der Waals surface area contributed by atoms with E-state index in [2.05, 4.69) is 15.2 Å². The fourth-order valence-corrected chi connectivity index (χ4v) is 9.15. The maximum absolute atomic E-state index is 13.3. The molecule has 1 unspecified atom stereocenters. The second-order valence-corrected chi connectivity index (χ2v) is 21.3. The Hall–Kier alpha value is -5.21. The molecule has 2 aromatic rings. The number of unbranched alkanes of at least 4 members (excludes halogenated alkanes) is 2. The van der Waals surface area contributed by atoms with Crippen molar-refractivity contribution in [3.63, 3.8) is 0 Å². The molecule has 0 fully saturated rings. The molecule has 0 saturated carbocycles. The highest BCUT2D eigenvalue weighted by Crippen LogP contribution is 2.48. The quantitative estimate of drug-likeness (QED) is 0.0232. The lowest BCUT2D eigenvalue weighted by atomic mass is 9.80. The molecule has 2 amide bonds. The second-order valence-electron chi connectivity index (χ2n) is 19.4. The number of aliphatic hydroxyl groups is 10. The molecule has 21 nitrogen and oxygen atoms in total. The van der Waals surface area contributed by atoms with Gasteiger partial charge in [-0.05, 0) is 82.0 Å². The predicted molar refractivity (Wildman–Crippen MR) is 270 cm³/mol. The predicted octanol–water partition coefficient (Wildman–Crippen LogP) is 0.0559. The van der Waals surface area contributed by atoms with E-state index in [9.17, 15) is 68.2 Å². The fraction of sp³-hybridized carbons (Fsp3) is 0.529. The number of allylic oxidation sites excluding steroid dienone is 8. The molecule has 2 aliphatic heterocycles. The highest BCUT2D eigenvalue weighted by molar-refractivity contribution is 7.86. The van der Waals surface area contributed by atoms with E-state index in [0.29, 0.717) is 37.1 Å². The topological polar surface area (TPSA) is 358 Å². The molecule has 9 atom stereocenters. The summed E-state index contributed by atoms with van der Waals surface area (Å²) in [7, 11) is -4.34. The summed E-state index contributed by atoms with van der Waals surface area (Å²) in [4.78, 5) is 39.6. The second kappa shape index (κ2) is 26.3. The van der Waals surface area contributed by atoms with Crippen LogP contribution in [0.2, 0.25) is 0 Å². The lowest BCUT2D eigenvalue weighted by Crippen LogP contribution is -2.49. The summed E-state index contributed by atoms with van der Waals surface area (Å²) in [5.41, 5.74) is 3.74. The molecule has 0 spiro atoms. The van der Waals surface area contributed by atoms with Gasteiger partial charge in [0.15, 0.2) is 5.71 Å². The summed E-state index contributed by atoms with van der Waals surface area (Å²) in [6, 6.07) is 10.0. The van der Waals surface area contributed by atoms with E-state index in [-0.39, 0.29) is 30.5 Å². The number of rotatable bonds is 28. The zero-order valence-electron chi connectivity index (χ0n) is 41.7. The van der Waals surface area contributed by atoms with E-state index in [1.807, 2.05) is 56.9 Å². The SMILES string of the molecule is CC(CCN1C(=CC=CC=CC=CC2=[N+](CCCCCC(=O)O)c3ccc(C(=O)NC[C@H](O)[C@@H](O)[C@H](O)[C@H](O)CO)cc3C2(C)C)C(C)(C)c2cc(C(=O)NC[C@H](O)[C@@H](O)[C@H](O)[C@H](O)CO)ccc21)S(=O)(=O)O. The number of hydrogen-bond donors (Lipinski definition) is 14. The summed E-state index contributed by atoms with van der Waals surface area (Å²) in [5, 5.41) is 112. The average molecular weight is 1050 g/mol. The van der Waals surface area contributed by atoms with Crippen molar-refractivity contribution in [1.82, 2.24) is 10.6 Å². The highest BCUT2D eigenvalue weighted by atomic mass is 32.2. The smallest absolute Gasteiger partial charge is 0.303 e. The molecule has 2 aliphatic rings. The number of carboxylic acid groups (broad SMARTS) is 1. The van der Waals surface area contributed by atoms with Crippen molar-refractivity contribution in [3.05, 3.63) is 107 Å². The maximum atomic E-state index is 13.3. The van der Waals surface area contributed by atoms with Crippen LogP contribution in [0.5, 0.6) is 0 Å². The Bertz CT molecular complexity index is 2520. The minimum Gasteiger partial charge on any atom is -0.481 e. The van der Waals surface area contributed by atoms with Crippen molar-refractivity contribution in [2.24, 2.45) is 0 Å². The first-order valence-electron chi connectivity index (χ1n) is 24.0. The molecule has 2 heterocycles. The third kappa shape index (κ3) is 15.2. The number of nitrogens with one attached hydrogen (secondary N) is 2. The number of carbonyl (C=O) groups is 3. The molecule has 0 radical (unpaired) electrons. The third-order valence-corrected chi connectivity index (χ3v) is 14.6. The number of benzene rings is 2. The fourth-order valence-electron chi connectivity index (χ4n) is 8.75. The van der Waals surface area contributed by atoms with Crippen molar-refractivity contribution in [2.45, 2.75) is 132 Å². The standard InChI is InChI=1S/C51H72N4O17S/c1-30(73(70,71)72)21-23-55-36-20-18-32(49(69)53-27-38(59)45(65)47(67)40(61)29-57)25-34(36)51(4,5)42(55)15-11-8-6-7-10-14-41-50(2,3)33-24-31(17-19-35(33)54(41)22-13-9-12-16-43(62)63)48(68)52-26-37(58)44(64)46(66)39(60)28-56/h6-8,10-11,14-15,17-20,24-25,30,37-40,44-47,56-61,64-67H,9,12-13,16,21-23,26-29H2,1-5H3,(H3-,52,53,62,63,68,69,70,71,72)/p+1/t30?,37-,38-,39+,40+,44+,45+,46+,47+/m0/s1. The van der Waals surface area contributed by atoms with Crippen LogP contribution >= 0.6 is 0 Å². The van der Waals surface area contributed by atoms with Crippen LogP contribution in [0.25, 0.3) is 0 Å². The Morgan fingerprint density at radius 2 is 1.19 bits per heavy atom. The molecule has 0 bridgehead atoms. The highest BCUT2D eigenvalue weighted by Gasteiger charge is 2.45. The van der Waals surface area contributed by atoms with Gasteiger partial charge >= 0.3 is 5.97 Å². The first kappa shape index (κ1) is 60.3. The summed E-state index contributed by atoms with van der Waals surface area (Å²) >= 11 is 0. The van der Waals surface area contributed by atoms with E-state index >= 15 is 0 Å². The van der Waals surface area contributed by atoms with E-state index < -0.39 is 119 Å². The van der Waals surface area contributed by atoms with Crippen molar-refractivity contribution < 1.29 is 88.1 Å². The number of anilines is 1. The zero-order valence-corrected chi connectivity index (χ0v) is 42.5. The van der Waals surface area contributed by atoms with Gasteiger partial charge < -0.3 is 71.7 Å². The number of nitrogens with zero attached hydrogens (tertiary/aromatic N) is 2. The number of aliphatic hydroxyl groups excluding tert-OH is 10. The number of amides is 2. The van der Waals surface area contributed by atoms with Gasteiger partial charge in [-0.1, -0.05) is 44.2 Å². The number of fused-ring (bicyclic) bond motifs is 2. The van der Waals surface area contributed by atoms with Gasteiger partial charge in [-0.2, -0.15) is 13.0 Å². The summed E-state index contributed by atoms with van der Waals surface area (Å²) in [5.74, 6) is -2.07. The van der Waals surface area contributed by atoms with Crippen molar-refractivity contribution in [3.8, 4) is 0 Å². The average Bonchev–Trinajstić information content (AvgIpc) is 3.70. The van der Waals surface area contributed by atoms with Gasteiger partial charge in [0, 0.05) is 78.1 Å². The molecule has 14 N–H and O–H groups in total. The van der Waals surface area contributed by atoms with Crippen molar-refractivity contribution >= 4 is 45.0 Å². The van der Waals surface area contributed by atoms with Gasteiger partial charge in [0.2, 0.25) is 5.69 Å². The summed E-state index contributed by atoms with van der Waals surface area (Å²) < 4.78 is 35.8. The molecule has 0 saturated heterocycles. The van der Waals surface area contributed by atoms with Crippen LogP contribution in [0.4, 0.5) is 11.4 Å². The first-order chi connectivity index (χ1) is 34.2. The summed E-state index contributed by atoms with van der Waals surface area (Å²) in [6.07, 6.45) is 0.612. The molecular formula is C51H73N4O17S+. The van der Waals surface area contributed by atoms with Crippen LogP contribution in [0.1, 0.15) is 98.6 Å². The molecule has 0 aliphatic carbocycles. The molecule has 4 rings (SSSR count). The van der Waals surface area contributed by atoms with Crippen LogP contribution < -0.4 is 15.5 Å². The lowest BCUT2D eigenvalue weighted by Gasteiger charge is -2.27. The molecule has 404 valence electrons. The van der Waals surface area contributed by atoms with Gasteiger partial charge in [0.05, 0.1) is 36.1 Å². The Morgan fingerprint density at radius 1 is 0.685 bits per heavy atom. The van der Waals surface area contributed by atoms with Gasteiger partial charge in [-0.15, -0.1) is 0 Å². The van der Waals surface area contributed by atoms with Gasteiger partial charge in [0.1, 0.15) is 43.2 Å². The molecule has 2 aromatic carbocycles. The Morgan fingerprint density at radius 3 is 1.73 bits per heavy atom. The Balaban J connectivity index is 1.57. The van der Waals surface area contributed by atoms with E-state index in [4.69, 9.17) is 15.3 Å². The van der Waals surface area contributed by atoms with Crippen molar-refractivity contribution in [2.75, 3.05) is 44.3 Å². The number of hydrogen-bond acceptors (Lipinski definition) is 16. The molecular weight excluding hydrogens is 973 g/mol. The summed E-state index contributed by atoms with van der Waals surface area (Å²) in [6.45, 7) is 7.31. The monoisotopic (exact) mass is 1050 g/mol. The minimum atomic E-state index is -4.34. The normalized spacial score (nSPS) is 19.7. The number of carboxylic acids is 1. The van der Waals surface area contributed by atoms with E-state index in [1.165, 1.54) is 13.0 Å². The van der Waals surface area contributed by atoms with Crippen LogP contribution in [0.3, 0.4) is 0 Å². The van der Waals surface area contributed by atoms with Gasteiger partial charge in [0.25, 0.3) is 21.9 Å². The van der Waals surface area contributed by atoms with Gasteiger partial charge in [-0.25, -0.2) is 0 Å². The minimum absolute atomic E-state index is 0.0450. The van der Waals surface area contributed by atoms with Crippen LogP contribution in [0, 0.1) is 0 Å². The molecule has 0 aromatic heterocycles. The van der Waals surface area contributed by atoms with Crippen molar-refractivity contribution in [1.29, 1.82) is 0 Å². The van der Waals surface area contributed by atoms with E-state index in [1.54, 1.807) is 48.6 Å². The van der Waals surface area contributed by atoms with Crippen LogP contribution in [0.15, 0.2) is 84.6 Å².